The molecule has 0 aromatic heterocycles. The first-order valence-corrected chi connectivity index (χ1v) is 10.8. The second-order valence-electron chi connectivity index (χ2n) is 7.74. The lowest BCUT2D eigenvalue weighted by Gasteiger charge is -2.28. The average molecular weight is 424 g/mol. The molecule has 0 heterocycles. The number of hydrogen-bond donors (Lipinski definition) is 1. The standard InChI is InChI=1S/C26H33NO4/c1-3-21(2)20-31-25(23-10-6-4-7-11-23)19-27(16-8-5-9-17-28)18-22-12-14-24(15-13-22)26(29)30/h3-4,6-7,10-15,17,25H,5,8-9,16,18-20H2,1-2H3,(H,29,30)/b21-3+/t25-/m0/s1. The van der Waals surface area contributed by atoms with Crippen LogP contribution in [0, 0.1) is 0 Å². The van der Waals surface area contributed by atoms with E-state index in [1.165, 1.54) is 5.57 Å². The molecule has 2 aromatic carbocycles. The van der Waals surface area contributed by atoms with Gasteiger partial charge < -0.3 is 14.6 Å². The maximum atomic E-state index is 11.1. The number of aldehydes is 1. The zero-order chi connectivity index (χ0) is 22.5. The van der Waals surface area contributed by atoms with Crippen LogP contribution in [0.1, 0.15) is 60.7 Å². The molecule has 1 atom stereocenters. The molecule has 0 unspecified atom stereocenters. The molecule has 0 fully saturated rings. The van der Waals surface area contributed by atoms with E-state index in [1.54, 1.807) is 12.1 Å². The van der Waals surface area contributed by atoms with Crippen LogP contribution in [0.3, 0.4) is 0 Å². The monoisotopic (exact) mass is 423 g/mol. The van der Waals surface area contributed by atoms with Crippen molar-refractivity contribution >= 4 is 12.3 Å². The predicted octanol–water partition coefficient (Wildman–Crippen LogP) is 5.28. The fraction of sp³-hybridized carbons (Fsp3) is 0.385. The summed E-state index contributed by atoms with van der Waals surface area (Å²) in [6.45, 7) is 6.88. The minimum atomic E-state index is -0.922. The van der Waals surface area contributed by atoms with Gasteiger partial charge in [0, 0.05) is 19.5 Å². The molecule has 0 aliphatic carbocycles. The second-order valence-corrected chi connectivity index (χ2v) is 7.74. The maximum absolute atomic E-state index is 11.1. The van der Waals surface area contributed by atoms with Gasteiger partial charge in [-0.05, 0) is 56.5 Å². The minimum Gasteiger partial charge on any atom is -0.478 e. The van der Waals surface area contributed by atoms with Gasteiger partial charge in [0.2, 0.25) is 0 Å². The lowest BCUT2D eigenvalue weighted by molar-refractivity contribution is -0.107. The van der Waals surface area contributed by atoms with Gasteiger partial charge >= 0.3 is 5.97 Å². The fourth-order valence-electron chi connectivity index (χ4n) is 3.28. The van der Waals surface area contributed by atoms with Gasteiger partial charge in [0.05, 0.1) is 18.3 Å². The number of allylic oxidation sites excluding steroid dienone is 1. The molecule has 0 amide bonds. The lowest BCUT2D eigenvalue weighted by Crippen LogP contribution is -2.31. The number of aromatic carboxylic acids is 1. The number of hydrogen-bond acceptors (Lipinski definition) is 4. The molecule has 166 valence electrons. The van der Waals surface area contributed by atoms with E-state index in [0.717, 1.165) is 36.8 Å². The van der Waals surface area contributed by atoms with Gasteiger partial charge in [-0.1, -0.05) is 54.1 Å². The Labute approximate surface area is 185 Å². The summed E-state index contributed by atoms with van der Waals surface area (Å²) < 4.78 is 6.28. The van der Waals surface area contributed by atoms with Crippen molar-refractivity contribution in [3.8, 4) is 0 Å². The van der Waals surface area contributed by atoms with Crippen molar-refractivity contribution in [1.82, 2.24) is 4.90 Å². The Morgan fingerprint density at radius 1 is 1.10 bits per heavy atom. The third-order valence-electron chi connectivity index (χ3n) is 5.25. The maximum Gasteiger partial charge on any atom is 0.335 e. The highest BCUT2D eigenvalue weighted by Crippen LogP contribution is 2.21. The average Bonchev–Trinajstić information content (AvgIpc) is 2.79. The van der Waals surface area contributed by atoms with Crippen molar-refractivity contribution in [2.75, 3.05) is 19.7 Å². The van der Waals surface area contributed by atoms with E-state index in [4.69, 9.17) is 9.84 Å². The van der Waals surface area contributed by atoms with Crippen LogP contribution in [0.2, 0.25) is 0 Å². The highest BCUT2D eigenvalue weighted by Gasteiger charge is 2.18. The number of unbranched alkanes of at least 4 members (excludes halogenated alkanes) is 2. The zero-order valence-corrected chi connectivity index (χ0v) is 18.5. The molecule has 2 aromatic rings. The molecule has 0 aliphatic heterocycles. The van der Waals surface area contributed by atoms with Crippen molar-refractivity contribution < 1.29 is 19.4 Å². The zero-order valence-electron chi connectivity index (χ0n) is 18.5. The molecule has 2 rings (SSSR count). The van der Waals surface area contributed by atoms with E-state index in [0.29, 0.717) is 26.1 Å². The molecule has 1 N–H and O–H groups in total. The van der Waals surface area contributed by atoms with Crippen LogP contribution in [0.5, 0.6) is 0 Å². The SMILES string of the molecule is C/C=C(\C)CO[C@@H](CN(CCCCC=O)Cc1ccc(C(=O)O)cc1)c1ccccc1. The Morgan fingerprint density at radius 3 is 2.42 bits per heavy atom. The van der Waals surface area contributed by atoms with Gasteiger partial charge in [-0.25, -0.2) is 4.79 Å². The number of carboxylic acids is 1. The van der Waals surface area contributed by atoms with Crippen molar-refractivity contribution in [3.63, 3.8) is 0 Å². The summed E-state index contributed by atoms with van der Waals surface area (Å²) in [4.78, 5) is 24.1. The molecule has 0 spiro atoms. The van der Waals surface area contributed by atoms with E-state index >= 15 is 0 Å². The van der Waals surface area contributed by atoms with Crippen LogP contribution in [0.15, 0.2) is 66.2 Å². The summed E-state index contributed by atoms with van der Waals surface area (Å²) in [5.41, 5.74) is 3.65. The number of rotatable bonds is 14. The molecule has 31 heavy (non-hydrogen) atoms. The predicted molar refractivity (Wildman–Crippen MR) is 123 cm³/mol. The fourth-order valence-corrected chi connectivity index (χ4v) is 3.28. The molecular weight excluding hydrogens is 390 g/mol. The molecule has 0 aliphatic rings. The first kappa shape index (κ1) is 24.5. The van der Waals surface area contributed by atoms with Crippen molar-refractivity contribution in [2.45, 2.75) is 45.8 Å². The minimum absolute atomic E-state index is 0.0829. The van der Waals surface area contributed by atoms with Crippen LogP contribution in [0.25, 0.3) is 0 Å². The number of benzene rings is 2. The van der Waals surface area contributed by atoms with E-state index < -0.39 is 5.97 Å². The van der Waals surface area contributed by atoms with Gasteiger partial charge in [0.1, 0.15) is 6.29 Å². The molecule has 5 heteroatoms. The molecule has 0 radical (unpaired) electrons. The van der Waals surface area contributed by atoms with Gasteiger partial charge in [-0.2, -0.15) is 0 Å². The highest BCUT2D eigenvalue weighted by molar-refractivity contribution is 5.87. The Kier molecular flexibility index (Phi) is 10.7. The van der Waals surface area contributed by atoms with Crippen LogP contribution in [-0.2, 0) is 16.1 Å². The van der Waals surface area contributed by atoms with Crippen LogP contribution in [0.4, 0.5) is 0 Å². The number of carboxylic acid groups (broad SMARTS) is 1. The van der Waals surface area contributed by atoms with Crippen LogP contribution >= 0.6 is 0 Å². The van der Waals surface area contributed by atoms with Gasteiger partial charge in [-0.3, -0.25) is 4.90 Å². The van der Waals surface area contributed by atoms with Gasteiger partial charge in [-0.15, -0.1) is 0 Å². The first-order valence-electron chi connectivity index (χ1n) is 10.8. The van der Waals surface area contributed by atoms with Crippen molar-refractivity contribution in [1.29, 1.82) is 0 Å². The molecule has 5 nitrogen and oxygen atoms in total. The Balaban J connectivity index is 2.15. The third kappa shape index (κ3) is 8.87. The Hall–Kier alpha value is -2.76. The summed E-state index contributed by atoms with van der Waals surface area (Å²) in [5.74, 6) is -0.922. The molecule has 0 bridgehead atoms. The number of nitrogens with zero attached hydrogens (tertiary/aromatic N) is 1. The van der Waals surface area contributed by atoms with E-state index in [9.17, 15) is 9.59 Å². The smallest absolute Gasteiger partial charge is 0.335 e. The van der Waals surface area contributed by atoms with Gasteiger partial charge in [0.15, 0.2) is 0 Å². The largest absolute Gasteiger partial charge is 0.478 e. The summed E-state index contributed by atoms with van der Waals surface area (Å²) in [7, 11) is 0. The number of carbonyl (C=O) groups is 2. The molecule has 0 saturated heterocycles. The first-order chi connectivity index (χ1) is 15.0. The summed E-state index contributed by atoms with van der Waals surface area (Å²) in [6.07, 6.45) is 5.28. The van der Waals surface area contributed by atoms with E-state index in [-0.39, 0.29) is 11.7 Å². The van der Waals surface area contributed by atoms with E-state index in [1.807, 2.05) is 37.3 Å². The van der Waals surface area contributed by atoms with Crippen LogP contribution in [-0.4, -0.2) is 42.0 Å². The number of ether oxygens (including phenoxy) is 1. The third-order valence-corrected chi connectivity index (χ3v) is 5.25. The van der Waals surface area contributed by atoms with Crippen molar-refractivity contribution in [2.24, 2.45) is 0 Å². The van der Waals surface area contributed by atoms with Crippen molar-refractivity contribution in [3.05, 3.63) is 82.9 Å². The second kappa shape index (κ2) is 13.5. The molecule has 0 saturated carbocycles. The summed E-state index contributed by atoms with van der Waals surface area (Å²) in [5, 5.41) is 9.13. The summed E-state index contributed by atoms with van der Waals surface area (Å²) >= 11 is 0. The lowest BCUT2D eigenvalue weighted by atomic mass is 10.1. The van der Waals surface area contributed by atoms with Gasteiger partial charge in [0.25, 0.3) is 0 Å². The van der Waals surface area contributed by atoms with Crippen LogP contribution < -0.4 is 0 Å². The Morgan fingerprint density at radius 2 is 1.81 bits per heavy atom. The number of carbonyl (C=O) groups excluding carboxylic acids is 1. The molecular formula is C26H33NO4. The quantitative estimate of drug-likeness (QED) is 0.254. The summed E-state index contributed by atoms with van der Waals surface area (Å²) in [6, 6.07) is 17.2. The normalized spacial score (nSPS) is 12.7. The topological polar surface area (TPSA) is 66.8 Å². The highest BCUT2D eigenvalue weighted by atomic mass is 16.5. The van der Waals surface area contributed by atoms with E-state index in [2.05, 4.69) is 30.0 Å². The Bertz CT molecular complexity index is 830.